The van der Waals surface area contributed by atoms with Crippen LogP contribution in [-0.2, 0) is 30.5 Å². The molecule has 3 aromatic rings. The van der Waals surface area contributed by atoms with E-state index in [1.165, 1.54) is 0 Å². The first-order valence-corrected chi connectivity index (χ1v) is 21.9. The zero-order valence-electron chi connectivity index (χ0n) is 27.4. The number of pyridine rings is 2. The first-order valence-electron chi connectivity index (χ1n) is 15.2. The number of hydrogen-bond donors (Lipinski definition) is 0. The first-order chi connectivity index (χ1) is 21.4. The monoisotopic (exact) mass is 755 g/mol. The van der Waals surface area contributed by atoms with Gasteiger partial charge in [0.1, 0.15) is 12.3 Å². The van der Waals surface area contributed by atoms with Gasteiger partial charge in [-0.1, -0.05) is 37.3 Å². The van der Waals surface area contributed by atoms with Crippen LogP contribution in [0.15, 0.2) is 47.5 Å². The Labute approximate surface area is 286 Å². The molecule has 1 saturated heterocycles. The summed E-state index contributed by atoms with van der Waals surface area (Å²) in [5, 5.41) is 0.455. The second-order valence-corrected chi connectivity index (χ2v) is 22.0. The Morgan fingerprint density at radius 3 is 2.50 bits per heavy atom. The molecule has 0 N–H and O–H groups in total. The van der Waals surface area contributed by atoms with Gasteiger partial charge >= 0.3 is 6.09 Å². The van der Waals surface area contributed by atoms with Crippen LogP contribution in [0.4, 0.5) is 4.79 Å². The first kappa shape index (κ1) is 36.5. The number of halogens is 2. The Hall–Kier alpha value is -2.36. The number of piperidine rings is 1. The molecule has 46 heavy (non-hydrogen) atoms. The molecule has 252 valence electrons. The molecule has 0 saturated carbocycles. The van der Waals surface area contributed by atoms with Gasteiger partial charge in [-0.15, -0.1) is 0 Å². The standard InChI is InChI=1S/C31H43BrClN5O6SSi/c1-31(2,3)43-30(39)38-24(14-9-15-25(38)27-21(33)11-10-16-34-27)22-12-8-13-23(36-22)28(44-45(4,40)41)26-19-35-29(32)37(26)20-42-17-18-46(5,6)7/h8,10-13,16,19,24-25,28H,9,14-15,17-18,20H2,1-7H3/t24-,25+,28?/m1/s1. The summed E-state index contributed by atoms with van der Waals surface area (Å²) in [6.07, 6.45) is 4.55. The maximum Gasteiger partial charge on any atom is 0.411 e. The number of aromatic nitrogens is 4. The lowest BCUT2D eigenvalue weighted by atomic mass is 9.91. The Kier molecular flexibility index (Phi) is 11.7. The van der Waals surface area contributed by atoms with Crippen molar-refractivity contribution in [3.63, 3.8) is 0 Å². The molecule has 3 atom stereocenters. The van der Waals surface area contributed by atoms with Gasteiger partial charge in [0.15, 0.2) is 10.8 Å². The van der Waals surface area contributed by atoms with Gasteiger partial charge in [0.2, 0.25) is 0 Å². The second kappa shape index (κ2) is 14.8. The number of hydrogen-bond acceptors (Lipinski definition) is 9. The molecule has 1 unspecified atom stereocenters. The van der Waals surface area contributed by atoms with Crippen molar-refractivity contribution >= 4 is 51.8 Å². The van der Waals surface area contributed by atoms with E-state index in [0.29, 0.717) is 52.0 Å². The van der Waals surface area contributed by atoms with Crippen molar-refractivity contribution in [1.82, 2.24) is 24.4 Å². The minimum Gasteiger partial charge on any atom is -0.444 e. The molecule has 0 bridgehead atoms. The van der Waals surface area contributed by atoms with Crippen LogP contribution in [0.25, 0.3) is 0 Å². The van der Waals surface area contributed by atoms with E-state index in [1.807, 2.05) is 26.8 Å². The summed E-state index contributed by atoms with van der Waals surface area (Å²) in [5.74, 6) is 0. The van der Waals surface area contributed by atoms with E-state index in [0.717, 1.165) is 18.7 Å². The SMILES string of the molecule is CC(C)(C)OC(=O)N1[C@@H](c2cccc(C(OS(C)(=O)=O)c3cnc(Br)n3COCC[Si](C)(C)C)n2)CCC[C@H]1c1ncccc1Cl. The van der Waals surface area contributed by atoms with Gasteiger partial charge in [0.05, 0.1) is 52.3 Å². The number of ether oxygens (including phenoxy) is 2. The quantitative estimate of drug-likeness (QED) is 0.110. The van der Waals surface area contributed by atoms with Crippen LogP contribution in [0, 0.1) is 0 Å². The van der Waals surface area contributed by atoms with Gasteiger partial charge in [0.25, 0.3) is 10.1 Å². The minimum absolute atomic E-state index is 0.144. The topological polar surface area (TPSA) is 126 Å². The molecule has 4 rings (SSSR count). The Bertz CT molecular complexity index is 1630. The van der Waals surface area contributed by atoms with Crippen LogP contribution in [-0.4, -0.2) is 65.5 Å². The van der Waals surface area contributed by atoms with Crippen molar-refractivity contribution in [2.45, 2.75) is 96.2 Å². The molecule has 0 spiro atoms. The highest BCUT2D eigenvalue weighted by molar-refractivity contribution is 9.10. The number of carbonyl (C=O) groups excluding carboxylic acids is 1. The van der Waals surface area contributed by atoms with Gasteiger partial charge in [-0.25, -0.2) is 9.78 Å². The zero-order chi connectivity index (χ0) is 33.9. The highest BCUT2D eigenvalue weighted by atomic mass is 79.9. The van der Waals surface area contributed by atoms with Crippen molar-refractivity contribution < 1.29 is 26.9 Å². The highest BCUT2D eigenvalue weighted by Crippen LogP contribution is 2.43. The Morgan fingerprint density at radius 2 is 1.85 bits per heavy atom. The highest BCUT2D eigenvalue weighted by Gasteiger charge is 2.41. The lowest BCUT2D eigenvalue weighted by Crippen LogP contribution is -2.44. The van der Waals surface area contributed by atoms with Crippen molar-refractivity contribution in [3.05, 3.63) is 75.3 Å². The average Bonchev–Trinajstić information content (AvgIpc) is 3.31. The third-order valence-corrected chi connectivity index (χ3v) is 10.5. The summed E-state index contributed by atoms with van der Waals surface area (Å²) in [5.41, 5.74) is 1.17. The zero-order valence-corrected chi connectivity index (χ0v) is 31.5. The molecule has 11 nitrogen and oxygen atoms in total. The van der Waals surface area contributed by atoms with E-state index in [1.54, 1.807) is 46.1 Å². The van der Waals surface area contributed by atoms with E-state index >= 15 is 0 Å². The molecular weight excluding hydrogens is 714 g/mol. The summed E-state index contributed by atoms with van der Waals surface area (Å²) < 4.78 is 44.8. The van der Waals surface area contributed by atoms with Crippen molar-refractivity contribution in [2.24, 2.45) is 0 Å². The lowest BCUT2D eigenvalue weighted by Gasteiger charge is -2.42. The Balaban J connectivity index is 1.74. The fourth-order valence-electron chi connectivity index (χ4n) is 5.23. The molecule has 4 heterocycles. The van der Waals surface area contributed by atoms with Gasteiger partial charge in [0, 0.05) is 20.9 Å². The van der Waals surface area contributed by atoms with Gasteiger partial charge in [-0.2, -0.15) is 8.42 Å². The summed E-state index contributed by atoms with van der Waals surface area (Å²) in [4.78, 5) is 29.3. The second-order valence-electron chi connectivity index (χ2n) is 13.6. The van der Waals surface area contributed by atoms with Crippen LogP contribution < -0.4 is 0 Å². The van der Waals surface area contributed by atoms with Crippen molar-refractivity contribution in [3.8, 4) is 0 Å². The third-order valence-electron chi connectivity index (χ3n) is 7.33. The minimum atomic E-state index is -3.94. The fourth-order valence-corrected chi connectivity index (χ4v) is 7.19. The molecule has 3 aromatic heterocycles. The van der Waals surface area contributed by atoms with E-state index in [4.69, 9.17) is 30.2 Å². The summed E-state index contributed by atoms with van der Waals surface area (Å²) in [6.45, 7) is 13.0. The van der Waals surface area contributed by atoms with Crippen molar-refractivity contribution in [2.75, 3.05) is 12.9 Å². The molecule has 0 aliphatic carbocycles. The molecule has 1 aliphatic rings. The van der Waals surface area contributed by atoms with Crippen LogP contribution >= 0.6 is 27.5 Å². The van der Waals surface area contributed by atoms with E-state index in [9.17, 15) is 13.2 Å². The molecule has 1 amide bonds. The largest absolute Gasteiger partial charge is 0.444 e. The average molecular weight is 757 g/mol. The maximum absolute atomic E-state index is 13.8. The van der Waals surface area contributed by atoms with Crippen LogP contribution in [0.5, 0.6) is 0 Å². The van der Waals surface area contributed by atoms with E-state index in [-0.39, 0.29) is 6.73 Å². The molecule has 15 heteroatoms. The number of amides is 1. The van der Waals surface area contributed by atoms with Gasteiger partial charge in [-0.3, -0.25) is 23.6 Å². The molecule has 0 aromatic carbocycles. The van der Waals surface area contributed by atoms with Gasteiger partial charge < -0.3 is 9.47 Å². The Morgan fingerprint density at radius 1 is 1.13 bits per heavy atom. The molecule has 0 radical (unpaired) electrons. The number of imidazole rings is 1. The smallest absolute Gasteiger partial charge is 0.411 e. The molecule has 1 aliphatic heterocycles. The van der Waals surface area contributed by atoms with Gasteiger partial charge in [-0.05, 0) is 86.3 Å². The fraction of sp³-hybridized carbons (Fsp3) is 0.548. The van der Waals surface area contributed by atoms with E-state index in [2.05, 4.69) is 45.5 Å². The normalized spacial score (nSPS) is 18.4. The number of carbonyl (C=O) groups is 1. The molecule has 1 fully saturated rings. The number of likely N-dealkylation sites (tertiary alicyclic amines) is 1. The number of rotatable bonds is 11. The number of nitrogens with zero attached hydrogens (tertiary/aromatic N) is 5. The van der Waals surface area contributed by atoms with Crippen molar-refractivity contribution in [1.29, 1.82) is 0 Å². The summed E-state index contributed by atoms with van der Waals surface area (Å²) in [6, 6.07) is 8.81. The lowest BCUT2D eigenvalue weighted by molar-refractivity contribution is -0.00798. The predicted molar refractivity (Wildman–Crippen MR) is 183 cm³/mol. The predicted octanol–water partition coefficient (Wildman–Crippen LogP) is 7.67. The summed E-state index contributed by atoms with van der Waals surface area (Å²) >= 11 is 10.1. The van der Waals surface area contributed by atoms with Crippen LogP contribution in [0.1, 0.15) is 81.0 Å². The molecular formula is C31H43BrClN5O6SSi. The summed E-state index contributed by atoms with van der Waals surface area (Å²) in [7, 11) is -5.26. The maximum atomic E-state index is 13.8. The van der Waals surface area contributed by atoms with Crippen LogP contribution in [0.2, 0.25) is 30.7 Å². The third kappa shape index (κ3) is 9.83. The van der Waals surface area contributed by atoms with Crippen LogP contribution in [0.3, 0.4) is 0 Å². The van der Waals surface area contributed by atoms with E-state index < -0.39 is 48.1 Å².